The molecule has 1 atom stereocenters. The molecule has 2 aromatic heterocycles. The Hall–Kier alpha value is -2.50. The van der Waals surface area contributed by atoms with Gasteiger partial charge < -0.3 is 10.5 Å². The van der Waals surface area contributed by atoms with E-state index in [0.717, 1.165) is 54.8 Å². The monoisotopic (exact) mass is 380 g/mol. The number of hydrogen-bond donors (Lipinski definition) is 1. The summed E-state index contributed by atoms with van der Waals surface area (Å²) >= 11 is 1.12. The number of rotatable bonds is 4. The number of nitrogens with two attached hydrogens (primary N) is 1. The van der Waals surface area contributed by atoms with Crippen molar-refractivity contribution in [3.63, 3.8) is 0 Å². The summed E-state index contributed by atoms with van der Waals surface area (Å²) in [5.41, 5.74) is 10.8. The number of aromatic nitrogens is 1. The number of pyridine rings is 1. The highest BCUT2D eigenvalue weighted by Gasteiger charge is 2.18. The largest absolute Gasteiger partial charge is 0.496 e. The zero-order chi connectivity index (χ0) is 19.1. The van der Waals surface area contributed by atoms with Gasteiger partial charge in [-0.3, -0.25) is 4.98 Å². The zero-order valence-corrected chi connectivity index (χ0v) is 16.4. The van der Waals surface area contributed by atoms with Crippen LogP contribution in [0.1, 0.15) is 24.0 Å². The van der Waals surface area contributed by atoms with Crippen LogP contribution in [0.3, 0.4) is 0 Å². The summed E-state index contributed by atoms with van der Waals surface area (Å²) in [5.74, 6) is 1.07. The second-order valence-corrected chi connectivity index (χ2v) is 7.87. The molecule has 2 aromatic carbocycles. The maximum absolute atomic E-state index is 14.0. The smallest absolute Gasteiger partial charge is 0.177 e. The minimum atomic E-state index is -0.210. The lowest BCUT2D eigenvalue weighted by Crippen LogP contribution is -2.08. The van der Waals surface area contributed by atoms with E-state index in [4.69, 9.17) is 10.5 Å². The highest BCUT2D eigenvalue weighted by Crippen LogP contribution is 2.43. The summed E-state index contributed by atoms with van der Waals surface area (Å²) in [6.45, 7) is 4.72. The fourth-order valence-electron chi connectivity index (χ4n) is 3.56. The lowest BCUT2D eigenvalue weighted by Gasteiger charge is -2.16. The molecule has 3 nitrogen and oxygen atoms in total. The van der Waals surface area contributed by atoms with E-state index in [2.05, 4.69) is 36.2 Å². The van der Waals surface area contributed by atoms with Gasteiger partial charge >= 0.3 is 0 Å². The predicted octanol–water partition coefficient (Wildman–Crippen LogP) is 5.63. The Morgan fingerprint density at radius 1 is 1.22 bits per heavy atom. The third kappa shape index (κ3) is 2.97. The van der Waals surface area contributed by atoms with Crippen LogP contribution in [0.5, 0.6) is 5.75 Å². The van der Waals surface area contributed by atoms with Crippen LogP contribution in [0.25, 0.3) is 32.1 Å². The lowest BCUT2D eigenvalue weighted by molar-refractivity contribution is 0.416. The highest BCUT2D eigenvalue weighted by molar-refractivity contribution is 7.17. The SMILES string of the molecule is COc1cc(C)c2ncc3sc(F)cc3c2c1-c1ccc([C@@H](C)CN)cc1. The van der Waals surface area contributed by atoms with Gasteiger partial charge in [-0.1, -0.05) is 31.2 Å². The number of benzene rings is 2. The van der Waals surface area contributed by atoms with Gasteiger partial charge in [0.15, 0.2) is 5.13 Å². The lowest BCUT2D eigenvalue weighted by atomic mass is 9.93. The maximum atomic E-state index is 14.0. The van der Waals surface area contributed by atoms with Crippen LogP contribution in [0, 0.1) is 12.1 Å². The van der Waals surface area contributed by atoms with Crippen LogP contribution in [-0.2, 0) is 0 Å². The highest BCUT2D eigenvalue weighted by atomic mass is 32.1. The standard InChI is InChI=1S/C22H21FN2OS/c1-12-8-17(26-3)20(15-6-4-14(5-7-15)13(2)10-24)21-16-9-19(23)27-18(16)11-25-22(12)21/h4-9,11,13H,10,24H2,1-3H3/t13-/m0/s1. The van der Waals surface area contributed by atoms with E-state index >= 15 is 0 Å². The number of hydrogen-bond acceptors (Lipinski definition) is 4. The molecule has 0 amide bonds. The second-order valence-electron chi connectivity index (χ2n) is 6.84. The van der Waals surface area contributed by atoms with Crippen molar-refractivity contribution in [2.24, 2.45) is 5.73 Å². The molecule has 0 radical (unpaired) electrons. The van der Waals surface area contributed by atoms with Crippen molar-refractivity contribution in [1.29, 1.82) is 0 Å². The van der Waals surface area contributed by atoms with Crippen LogP contribution in [0.15, 0.2) is 42.6 Å². The Morgan fingerprint density at radius 2 is 1.96 bits per heavy atom. The molecular formula is C22H21FN2OS. The molecule has 2 heterocycles. The number of fused-ring (bicyclic) bond motifs is 3. The van der Waals surface area contributed by atoms with Gasteiger partial charge in [0.2, 0.25) is 0 Å². The van der Waals surface area contributed by atoms with E-state index in [1.165, 1.54) is 5.56 Å². The Labute approximate surface area is 161 Å². The number of halogens is 1. The molecule has 4 aromatic rings. The summed E-state index contributed by atoms with van der Waals surface area (Å²) in [6.07, 6.45) is 1.75. The van der Waals surface area contributed by atoms with Crippen molar-refractivity contribution in [2.45, 2.75) is 19.8 Å². The first-order valence-corrected chi connectivity index (χ1v) is 9.71. The molecule has 0 spiro atoms. The van der Waals surface area contributed by atoms with E-state index < -0.39 is 0 Å². The third-order valence-corrected chi connectivity index (χ3v) is 5.97. The van der Waals surface area contributed by atoms with Gasteiger partial charge in [0.05, 0.1) is 17.3 Å². The molecule has 2 N–H and O–H groups in total. The Balaban J connectivity index is 2.06. The van der Waals surface area contributed by atoms with Gasteiger partial charge in [-0.05, 0) is 48.2 Å². The normalized spacial score (nSPS) is 12.6. The Kier molecular flexibility index (Phi) is 4.58. The molecule has 0 aliphatic carbocycles. The van der Waals surface area contributed by atoms with Crippen molar-refractivity contribution < 1.29 is 9.13 Å². The summed E-state index contributed by atoms with van der Waals surface area (Å²) in [5, 5.41) is 1.60. The quantitative estimate of drug-likeness (QED) is 0.499. The summed E-state index contributed by atoms with van der Waals surface area (Å²) in [4.78, 5) is 4.61. The molecule has 0 aliphatic heterocycles. The molecule has 138 valence electrons. The van der Waals surface area contributed by atoms with Gasteiger partial charge in [-0.2, -0.15) is 4.39 Å². The van der Waals surface area contributed by atoms with Crippen molar-refractivity contribution in [1.82, 2.24) is 4.98 Å². The van der Waals surface area contributed by atoms with Crippen LogP contribution < -0.4 is 10.5 Å². The topological polar surface area (TPSA) is 48.1 Å². The van der Waals surface area contributed by atoms with Crippen LogP contribution in [-0.4, -0.2) is 18.6 Å². The molecule has 0 bridgehead atoms. The molecule has 4 rings (SSSR count). The van der Waals surface area contributed by atoms with E-state index in [1.54, 1.807) is 19.4 Å². The minimum Gasteiger partial charge on any atom is -0.496 e. The van der Waals surface area contributed by atoms with E-state index in [1.807, 2.05) is 13.0 Å². The van der Waals surface area contributed by atoms with E-state index in [0.29, 0.717) is 12.5 Å². The maximum Gasteiger partial charge on any atom is 0.177 e. The number of thiophene rings is 1. The average molecular weight is 380 g/mol. The fourth-order valence-corrected chi connectivity index (χ4v) is 4.32. The van der Waals surface area contributed by atoms with Gasteiger partial charge in [-0.15, -0.1) is 11.3 Å². The minimum absolute atomic E-state index is 0.210. The van der Waals surface area contributed by atoms with Crippen LogP contribution in [0.2, 0.25) is 0 Å². The van der Waals surface area contributed by atoms with E-state index in [9.17, 15) is 4.39 Å². The van der Waals surface area contributed by atoms with Gasteiger partial charge in [0, 0.05) is 22.5 Å². The third-order valence-electron chi connectivity index (χ3n) is 5.11. The molecule has 5 heteroatoms. The Bertz CT molecular complexity index is 1130. The van der Waals surface area contributed by atoms with Gasteiger partial charge in [0.25, 0.3) is 0 Å². The van der Waals surface area contributed by atoms with Crippen molar-refractivity contribution in [2.75, 3.05) is 13.7 Å². The number of ether oxygens (including phenoxy) is 1. The predicted molar refractivity (Wildman–Crippen MR) is 111 cm³/mol. The summed E-state index contributed by atoms with van der Waals surface area (Å²) < 4.78 is 20.5. The number of nitrogens with zero attached hydrogens (tertiary/aromatic N) is 1. The summed E-state index contributed by atoms with van der Waals surface area (Å²) in [7, 11) is 1.66. The fraction of sp³-hybridized carbons (Fsp3) is 0.227. The second kappa shape index (κ2) is 6.91. The molecule has 0 saturated heterocycles. The average Bonchev–Trinajstić information content (AvgIpc) is 3.07. The zero-order valence-electron chi connectivity index (χ0n) is 15.5. The number of aryl methyl sites for hydroxylation is 1. The van der Waals surface area contributed by atoms with Crippen LogP contribution in [0.4, 0.5) is 4.39 Å². The first-order chi connectivity index (χ1) is 13.0. The van der Waals surface area contributed by atoms with E-state index in [-0.39, 0.29) is 5.13 Å². The first-order valence-electron chi connectivity index (χ1n) is 8.89. The van der Waals surface area contributed by atoms with Crippen molar-refractivity contribution >= 4 is 32.3 Å². The number of methoxy groups -OCH3 is 1. The Morgan fingerprint density at radius 3 is 2.63 bits per heavy atom. The molecule has 0 fully saturated rings. The first kappa shape index (κ1) is 17.9. The van der Waals surface area contributed by atoms with Gasteiger partial charge in [-0.25, -0.2) is 0 Å². The molecule has 0 unspecified atom stereocenters. The van der Waals surface area contributed by atoms with Gasteiger partial charge in [0.1, 0.15) is 5.75 Å². The summed E-state index contributed by atoms with van der Waals surface area (Å²) in [6, 6.07) is 11.9. The molecular weight excluding hydrogens is 359 g/mol. The molecule has 0 aliphatic rings. The van der Waals surface area contributed by atoms with Crippen molar-refractivity contribution in [3.8, 4) is 16.9 Å². The van der Waals surface area contributed by atoms with Crippen molar-refractivity contribution in [3.05, 3.63) is 58.9 Å². The molecule has 27 heavy (non-hydrogen) atoms. The molecule has 0 saturated carbocycles. The van der Waals surface area contributed by atoms with Crippen LogP contribution >= 0.6 is 11.3 Å².